The number of carbonyl (C=O) groups excluding carboxylic acids is 2. The van der Waals surface area contributed by atoms with Crippen molar-refractivity contribution in [1.29, 1.82) is 0 Å². The highest BCUT2D eigenvalue weighted by Gasteiger charge is 2.30. The van der Waals surface area contributed by atoms with Crippen LogP contribution < -0.4 is 5.32 Å². The quantitative estimate of drug-likeness (QED) is 0.725. The lowest BCUT2D eigenvalue weighted by molar-refractivity contribution is -0.112. The van der Waals surface area contributed by atoms with E-state index in [-0.39, 0.29) is 29.6 Å². The van der Waals surface area contributed by atoms with E-state index in [2.05, 4.69) is 21.2 Å². The largest absolute Gasteiger partial charge is 0.334 e. The fraction of sp³-hybridized carbons (Fsp3) is 0.261. The molecule has 0 bridgehead atoms. The van der Waals surface area contributed by atoms with Gasteiger partial charge >= 0.3 is 0 Å². The zero-order valence-electron chi connectivity index (χ0n) is 17.9. The second kappa shape index (κ2) is 8.27. The molecule has 33 heavy (non-hydrogen) atoms. The number of hydrogen-bond donors (Lipinski definition) is 1. The molecule has 0 aliphatic carbocycles. The molecule has 8 nitrogen and oxygen atoms in total. The zero-order chi connectivity index (χ0) is 23.2. The molecule has 0 atom stereocenters. The van der Waals surface area contributed by atoms with Gasteiger partial charge in [-0.05, 0) is 60.2 Å². The average molecular weight is 483 g/mol. The summed E-state index contributed by atoms with van der Waals surface area (Å²) in [5.74, 6) is -0.531. The Kier molecular flexibility index (Phi) is 5.41. The van der Waals surface area contributed by atoms with E-state index in [1.165, 1.54) is 10.4 Å². The smallest absolute Gasteiger partial charge is 0.259 e. The second-order valence-corrected chi connectivity index (χ2v) is 10.8. The summed E-state index contributed by atoms with van der Waals surface area (Å²) in [4.78, 5) is 31.1. The van der Waals surface area contributed by atoms with E-state index in [0.717, 1.165) is 6.42 Å². The van der Waals surface area contributed by atoms with E-state index in [9.17, 15) is 18.0 Å². The fourth-order valence-electron chi connectivity index (χ4n) is 4.18. The van der Waals surface area contributed by atoms with Gasteiger partial charge in [0, 0.05) is 42.0 Å². The Morgan fingerprint density at radius 2 is 2.03 bits per heavy atom. The molecule has 0 saturated carbocycles. The van der Waals surface area contributed by atoms with Crippen LogP contribution in [0.15, 0.2) is 58.0 Å². The number of hydrogen-bond acceptors (Lipinski definition) is 6. The number of anilines is 1. The molecule has 0 radical (unpaired) electrons. The predicted octanol–water partition coefficient (Wildman–Crippen LogP) is 2.69. The third-order valence-electron chi connectivity index (χ3n) is 6.01. The lowest BCUT2D eigenvalue weighted by atomic mass is 10.0. The Balaban J connectivity index is 1.38. The normalized spacial score (nSPS) is 18.7. The number of benzene rings is 1. The van der Waals surface area contributed by atoms with Crippen LogP contribution in [0.25, 0.3) is 0 Å². The lowest BCUT2D eigenvalue weighted by Crippen LogP contribution is -2.41. The summed E-state index contributed by atoms with van der Waals surface area (Å²) in [6.07, 6.45) is 5.78. The Morgan fingerprint density at radius 1 is 1.18 bits per heavy atom. The first-order valence-electron chi connectivity index (χ1n) is 10.6. The molecule has 1 N–H and O–H groups in total. The van der Waals surface area contributed by atoms with Gasteiger partial charge in [0.1, 0.15) is 0 Å². The Hall–Kier alpha value is -3.24. The van der Waals surface area contributed by atoms with E-state index in [0.29, 0.717) is 29.9 Å². The molecule has 1 aromatic heterocycles. The first-order chi connectivity index (χ1) is 15.8. The number of amides is 2. The number of nitrogens with zero attached hydrogens (tertiary/aromatic N) is 3. The molecule has 3 aliphatic heterocycles. The Labute approximate surface area is 196 Å². The number of sulfonamides is 1. The summed E-state index contributed by atoms with van der Waals surface area (Å²) in [6, 6.07) is 7.29. The van der Waals surface area contributed by atoms with Crippen LogP contribution in [0.1, 0.15) is 26.4 Å². The molecule has 0 spiro atoms. The van der Waals surface area contributed by atoms with Crippen molar-refractivity contribution in [3.05, 3.63) is 75.1 Å². The van der Waals surface area contributed by atoms with E-state index >= 15 is 0 Å². The van der Waals surface area contributed by atoms with Gasteiger partial charge in [-0.15, -0.1) is 15.7 Å². The highest BCUT2D eigenvalue weighted by molar-refractivity contribution is 7.90. The molecule has 5 rings (SSSR count). The number of allylic oxidation sites excluding steroid dienone is 2. The van der Waals surface area contributed by atoms with Crippen molar-refractivity contribution < 1.29 is 18.0 Å². The number of thiophene rings is 1. The van der Waals surface area contributed by atoms with E-state index in [1.807, 2.05) is 4.90 Å². The molecule has 2 amide bonds. The summed E-state index contributed by atoms with van der Waals surface area (Å²) < 4.78 is 27.8. The standard InChI is InChI=1S/C23H22N4O4S2/c1-15-17(23(29)27-10-7-20-16(14-27)8-12-32-20)4-2-6-19(15)24-22(28)18-5-3-9-26-11-13-33(30,31)25-21(18)26/h2-6,8-9,12H,7,10-11,13-14H2,1H3,(H,24,28). The van der Waals surface area contributed by atoms with Gasteiger partial charge in [0.05, 0.1) is 11.3 Å². The Morgan fingerprint density at radius 3 is 2.88 bits per heavy atom. The van der Waals surface area contributed by atoms with Gasteiger partial charge in [0.15, 0.2) is 5.84 Å². The molecule has 2 aromatic rings. The van der Waals surface area contributed by atoms with Crippen molar-refractivity contribution in [3.63, 3.8) is 0 Å². The molecule has 0 fully saturated rings. The maximum absolute atomic E-state index is 13.3. The van der Waals surface area contributed by atoms with Crippen LogP contribution >= 0.6 is 11.3 Å². The first-order valence-corrected chi connectivity index (χ1v) is 13.0. The van der Waals surface area contributed by atoms with Crippen LogP contribution in [0.5, 0.6) is 0 Å². The highest BCUT2D eigenvalue weighted by atomic mass is 32.2. The molecular formula is C23H22N4O4S2. The third-order valence-corrected chi connectivity index (χ3v) is 8.18. The maximum Gasteiger partial charge on any atom is 0.259 e. The summed E-state index contributed by atoms with van der Waals surface area (Å²) >= 11 is 1.72. The number of rotatable bonds is 3. The fourth-order valence-corrected chi connectivity index (χ4v) is 6.05. The molecule has 0 unspecified atom stereocenters. The molecule has 3 aliphatic rings. The lowest BCUT2D eigenvalue weighted by Gasteiger charge is -2.29. The SMILES string of the molecule is Cc1c(NC(=O)C2=CC=CN3CCS(=O)(=O)N=C23)cccc1C(=O)N1CCc2sccc2C1. The third kappa shape index (κ3) is 4.11. The van der Waals surface area contributed by atoms with Gasteiger partial charge in [-0.25, -0.2) is 8.42 Å². The van der Waals surface area contributed by atoms with Crippen molar-refractivity contribution in [3.8, 4) is 0 Å². The molecule has 1 aromatic carbocycles. The van der Waals surface area contributed by atoms with Gasteiger partial charge in [0.25, 0.3) is 21.8 Å². The summed E-state index contributed by atoms with van der Waals surface area (Å²) in [7, 11) is -3.61. The van der Waals surface area contributed by atoms with Gasteiger partial charge in [-0.1, -0.05) is 6.07 Å². The number of amidine groups is 1. The van der Waals surface area contributed by atoms with Crippen LogP contribution in [-0.2, 0) is 27.8 Å². The predicted molar refractivity (Wildman–Crippen MR) is 128 cm³/mol. The van der Waals surface area contributed by atoms with Gasteiger partial charge in [0.2, 0.25) is 0 Å². The monoisotopic (exact) mass is 482 g/mol. The molecule has 10 heteroatoms. The average Bonchev–Trinajstić information content (AvgIpc) is 3.27. The van der Waals surface area contributed by atoms with Crippen LogP contribution in [0, 0.1) is 6.92 Å². The van der Waals surface area contributed by atoms with E-state index in [1.54, 1.807) is 59.7 Å². The van der Waals surface area contributed by atoms with Crippen molar-refractivity contribution >= 4 is 44.7 Å². The van der Waals surface area contributed by atoms with Crippen LogP contribution in [-0.4, -0.2) is 54.7 Å². The minimum atomic E-state index is -3.61. The van der Waals surface area contributed by atoms with E-state index in [4.69, 9.17) is 0 Å². The van der Waals surface area contributed by atoms with Crippen LogP contribution in [0.2, 0.25) is 0 Å². The maximum atomic E-state index is 13.3. The summed E-state index contributed by atoms with van der Waals surface area (Å²) in [6.45, 7) is 3.28. The number of fused-ring (bicyclic) bond motifs is 2. The molecule has 0 saturated heterocycles. The molecule has 170 valence electrons. The van der Waals surface area contributed by atoms with Crippen molar-refractivity contribution in [2.24, 2.45) is 4.40 Å². The van der Waals surface area contributed by atoms with Gasteiger partial charge in [-0.2, -0.15) is 0 Å². The van der Waals surface area contributed by atoms with Crippen molar-refractivity contribution in [2.75, 3.05) is 24.2 Å². The second-order valence-electron chi connectivity index (χ2n) is 8.09. The van der Waals surface area contributed by atoms with Crippen LogP contribution in [0.4, 0.5) is 5.69 Å². The zero-order valence-corrected chi connectivity index (χ0v) is 19.6. The highest BCUT2D eigenvalue weighted by Crippen LogP contribution is 2.27. The van der Waals surface area contributed by atoms with Crippen molar-refractivity contribution in [2.45, 2.75) is 19.9 Å². The van der Waals surface area contributed by atoms with Crippen LogP contribution in [0.3, 0.4) is 0 Å². The topological polar surface area (TPSA) is 99.1 Å². The summed E-state index contributed by atoms with van der Waals surface area (Å²) in [5, 5.41) is 4.89. The van der Waals surface area contributed by atoms with Gasteiger partial charge in [-0.3, -0.25) is 9.59 Å². The Bertz CT molecular complexity index is 1350. The van der Waals surface area contributed by atoms with E-state index < -0.39 is 15.9 Å². The molecule has 4 heterocycles. The minimum Gasteiger partial charge on any atom is -0.334 e. The van der Waals surface area contributed by atoms with Crippen molar-refractivity contribution in [1.82, 2.24) is 9.80 Å². The minimum absolute atomic E-state index is 0.0748. The molecular weight excluding hydrogens is 460 g/mol. The summed E-state index contributed by atoms with van der Waals surface area (Å²) in [5.41, 5.74) is 3.04. The number of carbonyl (C=O) groups is 2. The number of nitrogens with one attached hydrogen (secondary N) is 1. The van der Waals surface area contributed by atoms with Gasteiger partial charge < -0.3 is 15.1 Å². The first kappa shape index (κ1) is 21.6.